The molecule has 19 heavy (non-hydrogen) atoms. The van der Waals surface area contributed by atoms with Gasteiger partial charge < -0.3 is 15.3 Å². The van der Waals surface area contributed by atoms with E-state index in [1.54, 1.807) is 7.05 Å². The molecule has 6 heteroatoms. The summed E-state index contributed by atoms with van der Waals surface area (Å²) >= 11 is 0. The van der Waals surface area contributed by atoms with Crippen molar-refractivity contribution in [2.24, 2.45) is 7.05 Å². The molecule has 0 unspecified atom stereocenters. The first-order chi connectivity index (χ1) is 9.11. The molecule has 0 fully saturated rings. The Labute approximate surface area is 115 Å². The Bertz CT molecular complexity index is 501. The van der Waals surface area contributed by atoms with Crippen molar-refractivity contribution in [1.29, 1.82) is 0 Å². The van der Waals surface area contributed by atoms with E-state index < -0.39 is 0 Å². The number of nitrogens with one attached hydrogen (secondary N) is 1. The molecule has 0 spiro atoms. The number of fused-ring (bicyclic) bond motifs is 1. The van der Waals surface area contributed by atoms with Gasteiger partial charge in [0.1, 0.15) is 0 Å². The van der Waals surface area contributed by atoms with E-state index in [2.05, 4.69) is 28.8 Å². The third-order valence-electron chi connectivity index (χ3n) is 1.71. The number of imidazole rings is 1. The predicted octanol–water partition coefficient (Wildman–Crippen LogP) is 2.71. The molecule has 0 aliphatic carbocycles. The van der Waals surface area contributed by atoms with Gasteiger partial charge in [-0.25, -0.2) is 4.98 Å². The minimum absolute atomic E-state index is 0.230. The molecule has 0 aliphatic rings. The summed E-state index contributed by atoms with van der Waals surface area (Å²) < 4.78 is 1.50. The molecule has 0 amide bonds. The number of rotatable bonds is 0. The SMILES string of the molecule is CC.CC.CCC.Cn1c(N)nc2nc[nH]c(=O)c21. The van der Waals surface area contributed by atoms with Crippen molar-refractivity contribution < 1.29 is 0 Å². The van der Waals surface area contributed by atoms with Crippen molar-refractivity contribution in [3.05, 3.63) is 16.7 Å². The Kier molecular flexibility index (Phi) is 11.5. The number of nitrogens with two attached hydrogens (primary N) is 1. The number of hydrogen-bond acceptors (Lipinski definition) is 4. The van der Waals surface area contributed by atoms with Gasteiger partial charge in [0, 0.05) is 7.05 Å². The maximum absolute atomic E-state index is 11.2. The van der Waals surface area contributed by atoms with Gasteiger partial charge >= 0.3 is 0 Å². The van der Waals surface area contributed by atoms with E-state index in [-0.39, 0.29) is 11.5 Å². The number of H-pyrrole nitrogens is 1. The molecule has 6 nitrogen and oxygen atoms in total. The molecule has 0 saturated carbocycles. The maximum atomic E-state index is 11.2. The standard InChI is InChI=1S/C6H7N5O.C3H8.2C2H6/c1-11-3-4(10-6(11)7)8-2-9-5(3)12;1-3-2;2*1-2/h2H,1H3,(H3,7,8,9,10,12);3H2,1-2H3;2*1-2H3. The lowest BCUT2D eigenvalue weighted by Crippen LogP contribution is -2.09. The highest BCUT2D eigenvalue weighted by molar-refractivity contribution is 5.72. The normalized spacial score (nSPS) is 8.37. The number of aromatic nitrogens is 4. The van der Waals surface area contributed by atoms with Crippen molar-refractivity contribution in [3.8, 4) is 0 Å². The van der Waals surface area contributed by atoms with Crippen LogP contribution in [0.3, 0.4) is 0 Å². The Morgan fingerprint density at radius 3 is 2.16 bits per heavy atom. The molecule has 0 atom stereocenters. The van der Waals surface area contributed by atoms with Crippen LogP contribution < -0.4 is 11.3 Å². The van der Waals surface area contributed by atoms with E-state index in [0.29, 0.717) is 11.2 Å². The van der Waals surface area contributed by atoms with Crippen LogP contribution in [0.5, 0.6) is 0 Å². The second-order valence-corrected chi connectivity index (χ2v) is 3.14. The van der Waals surface area contributed by atoms with E-state index in [1.807, 2.05) is 27.7 Å². The molecule has 2 aromatic rings. The number of anilines is 1. The van der Waals surface area contributed by atoms with Gasteiger partial charge in [0.25, 0.3) is 5.56 Å². The average Bonchev–Trinajstić information content (AvgIpc) is 2.72. The van der Waals surface area contributed by atoms with Crippen molar-refractivity contribution in [2.45, 2.75) is 48.0 Å². The number of aryl methyl sites for hydroxylation is 1. The predicted molar refractivity (Wildman–Crippen MR) is 82.2 cm³/mol. The summed E-state index contributed by atoms with van der Waals surface area (Å²) in [4.78, 5) is 21.4. The third kappa shape index (κ3) is 5.54. The fourth-order valence-corrected chi connectivity index (χ4v) is 1.07. The number of nitrogens with zero attached hydrogens (tertiary/aromatic N) is 3. The summed E-state index contributed by atoms with van der Waals surface area (Å²) in [5.41, 5.74) is 6.02. The van der Waals surface area contributed by atoms with Crippen molar-refractivity contribution >= 4 is 17.1 Å². The zero-order chi connectivity index (χ0) is 15.4. The van der Waals surface area contributed by atoms with Crippen LogP contribution in [0.15, 0.2) is 11.1 Å². The van der Waals surface area contributed by atoms with Crippen LogP contribution in [0.25, 0.3) is 11.2 Å². The maximum Gasteiger partial charge on any atom is 0.277 e. The summed E-state index contributed by atoms with van der Waals surface area (Å²) in [6.07, 6.45) is 2.55. The molecule has 0 saturated heterocycles. The van der Waals surface area contributed by atoms with Crippen LogP contribution in [-0.4, -0.2) is 19.5 Å². The summed E-state index contributed by atoms with van der Waals surface area (Å²) in [7, 11) is 1.67. The van der Waals surface area contributed by atoms with Gasteiger partial charge in [-0.15, -0.1) is 0 Å². The molecule has 0 bridgehead atoms. The largest absolute Gasteiger partial charge is 0.369 e. The smallest absolute Gasteiger partial charge is 0.277 e. The van der Waals surface area contributed by atoms with Crippen LogP contribution in [0, 0.1) is 0 Å². The quantitative estimate of drug-likeness (QED) is 0.769. The van der Waals surface area contributed by atoms with Crippen molar-refractivity contribution in [2.75, 3.05) is 5.73 Å². The lowest BCUT2D eigenvalue weighted by Gasteiger charge is -1.92. The molecule has 0 aliphatic heterocycles. The van der Waals surface area contributed by atoms with Crippen LogP contribution >= 0.6 is 0 Å². The van der Waals surface area contributed by atoms with Gasteiger partial charge in [-0.1, -0.05) is 48.0 Å². The first-order valence-electron chi connectivity index (χ1n) is 6.77. The molecular formula is C13H27N5O. The number of aromatic amines is 1. The molecule has 3 N–H and O–H groups in total. The number of hydrogen-bond donors (Lipinski definition) is 2. The Balaban J connectivity index is 0. The highest BCUT2D eigenvalue weighted by atomic mass is 16.1. The van der Waals surface area contributed by atoms with Crippen molar-refractivity contribution in [3.63, 3.8) is 0 Å². The Morgan fingerprint density at radius 1 is 1.26 bits per heavy atom. The fraction of sp³-hybridized carbons (Fsp3) is 0.615. The van der Waals surface area contributed by atoms with Crippen LogP contribution in [0.2, 0.25) is 0 Å². The van der Waals surface area contributed by atoms with Crippen LogP contribution in [0.4, 0.5) is 5.95 Å². The summed E-state index contributed by atoms with van der Waals surface area (Å²) in [6, 6.07) is 0. The molecule has 2 heterocycles. The Morgan fingerprint density at radius 2 is 1.74 bits per heavy atom. The van der Waals surface area contributed by atoms with E-state index in [0.717, 1.165) is 0 Å². The molecule has 2 rings (SSSR count). The lowest BCUT2D eigenvalue weighted by atomic mass is 10.5. The van der Waals surface area contributed by atoms with Gasteiger partial charge in [-0.3, -0.25) is 4.79 Å². The zero-order valence-corrected chi connectivity index (χ0v) is 13.1. The topological polar surface area (TPSA) is 89.6 Å². The molecule has 110 valence electrons. The minimum Gasteiger partial charge on any atom is -0.369 e. The van der Waals surface area contributed by atoms with Crippen LogP contribution in [0.1, 0.15) is 48.0 Å². The van der Waals surface area contributed by atoms with Gasteiger partial charge in [0.2, 0.25) is 5.95 Å². The first kappa shape index (κ1) is 19.5. The third-order valence-corrected chi connectivity index (χ3v) is 1.71. The first-order valence-corrected chi connectivity index (χ1v) is 6.77. The van der Waals surface area contributed by atoms with Crippen molar-refractivity contribution in [1.82, 2.24) is 19.5 Å². The second kappa shape index (κ2) is 11.3. The molecule has 0 radical (unpaired) electrons. The fourth-order valence-electron chi connectivity index (χ4n) is 1.07. The van der Waals surface area contributed by atoms with Gasteiger partial charge in [-0.05, 0) is 0 Å². The second-order valence-electron chi connectivity index (χ2n) is 3.14. The highest BCUT2D eigenvalue weighted by Gasteiger charge is 2.07. The molecule has 2 aromatic heterocycles. The van der Waals surface area contributed by atoms with Gasteiger partial charge in [0.15, 0.2) is 11.2 Å². The molecular weight excluding hydrogens is 242 g/mol. The van der Waals surface area contributed by atoms with Gasteiger partial charge in [0.05, 0.1) is 6.33 Å². The number of nitrogen functional groups attached to an aromatic ring is 1. The van der Waals surface area contributed by atoms with Gasteiger partial charge in [-0.2, -0.15) is 4.98 Å². The monoisotopic (exact) mass is 269 g/mol. The summed E-state index contributed by atoms with van der Waals surface area (Å²) in [6.45, 7) is 12.2. The molecule has 0 aromatic carbocycles. The van der Waals surface area contributed by atoms with E-state index >= 15 is 0 Å². The van der Waals surface area contributed by atoms with Crippen LogP contribution in [-0.2, 0) is 7.05 Å². The summed E-state index contributed by atoms with van der Waals surface area (Å²) in [5.74, 6) is 0.286. The highest BCUT2D eigenvalue weighted by Crippen LogP contribution is 2.07. The van der Waals surface area contributed by atoms with E-state index in [9.17, 15) is 4.79 Å². The zero-order valence-electron chi connectivity index (χ0n) is 13.1. The van der Waals surface area contributed by atoms with E-state index in [4.69, 9.17) is 5.73 Å². The van der Waals surface area contributed by atoms with E-state index in [1.165, 1.54) is 17.3 Å². The lowest BCUT2D eigenvalue weighted by molar-refractivity contribution is 0.954. The average molecular weight is 269 g/mol. The summed E-state index contributed by atoms with van der Waals surface area (Å²) in [5, 5.41) is 0. The Hall–Kier alpha value is -1.85. The minimum atomic E-state index is -0.230.